The van der Waals surface area contributed by atoms with Crippen molar-refractivity contribution < 1.29 is 62.9 Å². The SMILES string of the molecule is CC1(C)SC2C(CC(=O)C(N)c3ccc(O)cc3)C(=O)N2C1C(=O)[O-].CO/N=C(\C(=O)NC1C(=O)N2C(C(=O)O)=C(COC(N)=O)CSC12)c1ccco1. The van der Waals surface area contributed by atoms with E-state index in [2.05, 4.69) is 20.0 Å². The number of carbonyl (C=O) groups is 7. The predicted molar refractivity (Wildman–Crippen MR) is 187 cm³/mol. The number of carbonyl (C=O) groups excluding carboxylic acids is 6. The Labute approximate surface area is 315 Å². The molecule has 54 heavy (non-hydrogen) atoms. The van der Waals surface area contributed by atoms with Gasteiger partial charge in [-0.15, -0.1) is 23.5 Å². The molecule has 4 aliphatic rings. The van der Waals surface area contributed by atoms with Gasteiger partial charge in [0, 0.05) is 22.5 Å². The number of fused-ring (bicyclic) bond motifs is 2. The van der Waals surface area contributed by atoms with Gasteiger partial charge in [-0.05, 0) is 43.7 Å². The van der Waals surface area contributed by atoms with Crippen molar-refractivity contribution in [3.63, 3.8) is 0 Å². The van der Waals surface area contributed by atoms with Crippen LogP contribution in [0.4, 0.5) is 4.79 Å². The number of furan rings is 1. The number of benzene rings is 1. The lowest BCUT2D eigenvalue weighted by Crippen LogP contribution is -2.71. The van der Waals surface area contributed by atoms with Crippen LogP contribution in [0, 0.1) is 5.92 Å². The average Bonchev–Trinajstić information content (AvgIpc) is 3.75. The van der Waals surface area contributed by atoms with Gasteiger partial charge in [0.15, 0.2) is 11.5 Å². The Morgan fingerprint density at radius 3 is 2.39 bits per heavy atom. The second-order valence-electron chi connectivity index (χ2n) is 12.8. The Morgan fingerprint density at radius 1 is 1.13 bits per heavy atom. The number of oxime groups is 1. The second-order valence-corrected chi connectivity index (χ2v) is 15.6. The molecule has 0 aliphatic carbocycles. The quantitative estimate of drug-likeness (QED) is 0.100. The van der Waals surface area contributed by atoms with E-state index < -0.39 is 64.0 Å². The molecule has 0 radical (unpaired) electrons. The summed E-state index contributed by atoms with van der Waals surface area (Å²) in [5.74, 6) is -4.79. The number of hydrogen-bond acceptors (Lipinski definition) is 16. The maximum atomic E-state index is 12.6. The van der Waals surface area contributed by atoms with Crippen LogP contribution in [0.15, 0.2) is 63.5 Å². The number of Topliss-reactive ketones (excluding diaryl/α,β-unsaturated/α-hetero) is 1. The van der Waals surface area contributed by atoms with E-state index in [1.165, 1.54) is 60.0 Å². The van der Waals surface area contributed by atoms with Crippen molar-refractivity contribution >= 4 is 70.8 Å². The topological polar surface area (TPSA) is 298 Å². The van der Waals surface area contributed by atoms with E-state index in [1.807, 2.05) is 0 Å². The number of ether oxygens (including phenoxy) is 1. The van der Waals surface area contributed by atoms with E-state index in [1.54, 1.807) is 32.0 Å². The molecular weight excluding hydrogens is 753 g/mol. The van der Waals surface area contributed by atoms with Gasteiger partial charge in [0.2, 0.25) is 11.6 Å². The number of carboxylic acids is 2. The van der Waals surface area contributed by atoms with Crippen LogP contribution in [0.3, 0.4) is 0 Å². The molecule has 6 unspecified atom stereocenters. The van der Waals surface area contributed by atoms with Crippen molar-refractivity contribution in [2.45, 2.75) is 53.9 Å². The lowest BCUT2D eigenvalue weighted by molar-refractivity contribution is -0.312. The van der Waals surface area contributed by atoms with Crippen LogP contribution in [0.25, 0.3) is 0 Å². The highest BCUT2D eigenvalue weighted by Crippen LogP contribution is 2.54. The number of nitrogens with two attached hydrogens (primary N) is 2. The van der Waals surface area contributed by atoms with Crippen molar-refractivity contribution in [1.82, 2.24) is 15.1 Å². The molecule has 21 heteroatoms. The Bertz CT molecular complexity index is 1920. The molecule has 2 aromatic rings. The van der Waals surface area contributed by atoms with Gasteiger partial charge in [0.25, 0.3) is 11.8 Å². The number of phenolic OH excluding ortho intramolecular Hbond substituents is 1. The van der Waals surface area contributed by atoms with E-state index in [9.17, 15) is 48.9 Å². The minimum absolute atomic E-state index is 0.0368. The second kappa shape index (κ2) is 15.8. The number of primary amides is 1. The van der Waals surface area contributed by atoms with Gasteiger partial charge in [-0.25, -0.2) is 9.59 Å². The number of rotatable bonds is 12. The van der Waals surface area contributed by atoms with Gasteiger partial charge in [-0.3, -0.25) is 24.1 Å². The predicted octanol–water partition coefficient (Wildman–Crippen LogP) is -0.756. The highest BCUT2D eigenvalue weighted by molar-refractivity contribution is 8.01. The number of nitrogens with one attached hydrogen (secondary N) is 1. The van der Waals surface area contributed by atoms with Crippen LogP contribution >= 0.6 is 23.5 Å². The highest BCUT2D eigenvalue weighted by atomic mass is 32.2. The number of ketones is 1. The first kappa shape index (κ1) is 39.7. The summed E-state index contributed by atoms with van der Waals surface area (Å²) in [4.78, 5) is 90.8. The van der Waals surface area contributed by atoms with E-state index in [-0.39, 0.29) is 64.3 Å². The number of amides is 4. The first-order valence-corrected chi connectivity index (χ1v) is 18.0. The van der Waals surface area contributed by atoms with Crippen LogP contribution in [0.1, 0.15) is 37.6 Å². The highest BCUT2D eigenvalue weighted by Gasteiger charge is 2.62. The molecule has 6 rings (SSSR count). The van der Waals surface area contributed by atoms with Gasteiger partial charge in [0.1, 0.15) is 36.6 Å². The first-order chi connectivity index (χ1) is 25.5. The largest absolute Gasteiger partial charge is 0.548 e. The van der Waals surface area contributed by atoms with Crippen molar-refractivity contribution in [1.29, 1.82) is 0 Å². The van der Waals surface area contributed by atoms with Crippen molar-refractivity contribution in [3.8, 4) is 5.75 Å². The van der Waals surface area contributed by atoms with Gasteiger partial charge in [0.05, 0.1) is 35.6 Å². The lowest BCUT2D eigenvalue weighted by Gasteiger charge is -2.49. The van der Waals surface area contributed by atoms with Crippen LogP contribution < -0.4 is 21.9 Å². The number of hydrogen-bond donors (Lipinski definition) is 5. The van der Waals surface area contributed by atoms with Gasteiger partial charge >= 0.3 is 12.1 Å². The Morgan fingerprint density at radius 2 is 1.81 bits per heavy atom. The zero-order chi connectivity index (χ0) is 39.6. The summed E-state index contributed by atoms with van der Waals surface area (Å²) >= 11 is 2.59. The van der Waals surface area contributed by atoms with Crippen LogP contribution in [0.5, 0.6) is 5.75 Å². The summed E-state index contributed by atoms with van der Waals surface area (Å²) in [6.07, 6.45) is 0.253. The molecule has 0 bridgehead atoms. The third-order valence-electron chi connectivity index (χ3n) is 8.87. The average molecular weight is 788 g/mol. The lowest BCUT2D eigenvalue weighted by atomic mass is 9.86. The first-order valence-electron chi connectivity index (χ1n) is 16.0. The summed E-state index contributed by atoms with van der Waals surface area (Å²) in [6, 6.07) is 6.21. The number of phenols is 1. The third kappa shape index (κ3) is 7.73. The third-order valence-corrected chi connectivity index (χ3v) is 11.8. The van der Waals surface area contributed by atoms with E-state index in [0.29, 0.717) is 5.56 Å². The Kier molecular flexibility index (Phi) is 11.6. The molecule has 288 valence electrons. The fourth-order valence-corrected chi connectivity index (χ4v) is 9.34. The maximum Gasteiger partial charge on any atom is 0.404 e. The smallest absolute Gasteiger partial charge is 0.404 e. The van der Waals surface area contributed by atoms with Gasteiger partial charge in [-0.1, -0.05) is 17.3 Å². The summed E-state index contributed by atoms with van der Waals surface area (Å²) in [5.41, 5.74) is 11.2. The number of aliphatic carboxylic acids is 2. The van der Waals surface area contributed by atoms with Crippen LogP contribution in [-0.2, 0) is 38.3 Å². The molecule has 0 saturated carbocycles. The monoisotopic (exact) mass is 787 g/mol. The van der Waals surface area contributed by atoms with Crippen LogP contribution in [-0.4, -0.2) is 114 Å². The van der Waals surface area contributed by atoms with Crippen molar-refractivity contribution in [2.24, 2.45) is 22.5 Å². The molecule has 6 atom stereocenters. The zero-order valence-electron chi connectivity index (χ0n) is 28.8. The summed E-state index contributed by atoms with van der Waals surface area (Å²) in [5, 5.41) is 35.3. The number of nitrogens with zero attached hydrogens (tertiary/aromatic N) is 3. The number of carboxylic acid groups (broad SMARTS) is 2. The summed E-state index contributed by atoms with van der Waals surface area (Å²) in [6.45, 7) is 3.16. The van der Waals surface area contributed by atoms with Crippen LogP contribution in [0.2, 0.25) is 0 Å². The van der Waals surface area contributed by atoms with Crippen molar-refractivity contribution in [3.05, 3.63) is 65.3 Å². The molecule has 19 nitrogen and oxygen atoms in total. The fourth-order valence-electron chi connectivity index (χ4n) is 6.34. The molecule has 5 heterocycles. The zero-order valence-corrected chi connectivity index (χ0v) is 30.5. The minimum atomic E-state index is -1.35. The molecule has 7 N–H and O–H groups in total. The van der Waals surface area contributed by atoms with Gasteiger partial charge < -0.3 is 55.8 Å². The summed E-state index contributed by atoms with van der Waals surface area (Å²) in [7, 11) is 1.25. The minimum Gasteiger partial charge on any atom is -0.548 e. The number of thioether (sulfide) groups is 2. The molecule has 3 fully saturated rings. The molecule has 3 saturated heterocycles. The molecule has 4 amide bonds. The summed E-state index contributed by atoms with van der Waals surface area (Å²) < 4.78 is 9.12. The molecule has 1 aromatic heterocycles. The van der Waals surface area contributed by atoms with Gasteiger partial charge in [-0.2, -0.15) is 0 Å². The normalized spacial score (nSPS) is 24.4. The Hall–Kier alpha value is -5.54. The molecule has 4 aliphatic heterocycles. The van der Waals surface area contributed by atoms with E-state index in [4.69, 9.17) is 15.9 Å². The van der Waals surface area contributed by atoms with E-state index in [0.717, 1.165) is 4.90 Å². The van der Waals surface area contributed by atoms with Crippen molar-refractivity contribution in [2.75, 3.05) is 19.5 Å². The Balaban J connectivity index is 0.000000210. The standard InChI is InChI=1S/C17H20N2O5S.C16H16N4O8S/c1-17(2)13(16(23)24)19-14(22)10(15(19)25-17)7-11(21)12(18)8-3-5-9(20)6-4-8;1-26-19-9(8-3-2-4-27-8)12(21)18-10-13(22)20-11(15(23)24)7(5-28-16(17)25)6-29-14(10)20/h3-6,10,12-13,15,20H,7,18H2,1-2H3,(H,23,24);2-4,10,14H,5-6H2,1H3,(H2,17,25)(H,18,21)(H,23,24)/p-1/b;19-9-. The molecular formula is C33H35N6O13S2-. The number of aromatic hydroxyl groups is 1. The number of β-lactam (4-membered cyclic amide) rings is 2. The maximum absolute atomic E-state index is 12.6. The van der Waals surface area contributed by atoms with E-state index >= 15 is 0 Å². The molecule has 1 aromatic carbocycles. The molecule has 0 spiro atoms. The fraction of sp³-hybridized carbons (Fsp3) is 0.394.